The second kappa shape index (κ2) is 13.7. The first kappa shape index (κ1) is 30.0. The summed E-state index contributed by atoms with van der Waals surface area (Å²) in [4.78, 5) is 35.5. The number of anilines is 1. The Labute approximate surface area is 252 Å². The molecule has 224 valence electrons. The number of aromatic nitrogens is 4. The maximum Gasteiger partial charge on any atom is 0.270 e. The predicted octanol–water partition coefficient (Wildman–Crippen LogP) is 2.13. The second-order valence-corrected chi connectivity index (χ2v) is 10.6. The van der Waals surface area contributed by atoms with Crippen molar-refractivity contribution in [2.24, 2.45) is 0 Å². The van der Waals surface area contributed by atoms with Gasteiger partial charge in [0.05, 0.1) is 24.4 Å². The summed E-state index contributed by atoms with van der Waals surface area (Å²) in [7, 11) is 3.58. The lowest BCUT2D eigenvalue weighted by Crippen LogP contribution is -2.30. The Bertz CT molecular complexity index is 1620. The van der Waals surface area contributed by atoms with Crippen LogP contribution in [0.4, 0.5) is 5.69 Å². The molecule has 4 heterocycles. The van der Waals surface area contributed by atoms with Gasteiger partial charge in [0.1, 0.15) is 25.0 Å². The number of carbonyl (C=O) groups excluding carboxylic acids is 2. The number of fused-ring (bicyclic) bond motifs is 1. The third-order valence-electron chi connectivity index (χ3n) is 7.73. The van der Waals surface area contributed by atoms with Crippen LogP contribution in [0, 0.1) is 0 Å². The molecule has 1 aromatic carbocycles. The topological polar surface area (TPSA) is 132 Å². The summed E-state index contributed by atoms with van der Waals surface area (Å²) in [5, 5.41) is 15.1. The Morgan fingerprint density at radius 2 is 1.77 bits per heavy atom. The molecular formula is C31H38BN7O4. The van der Waals surface area contributed by atoms with Gasteiger partial charge in [-0.05, 0) is 55.4 Å². The average Bonchev–Trinajstić information content (AvgIpc) is 3.46. The average molecular weight is 584 g/mol. The predicted molar refractivity (Wildman–Crippen MR) is 168 cm³/mol. The molecule has 1 aliphatic heterocycles. The maximum atomic E-state index is 13.3. The molecule has 0 unspecified atom stereocenters. The number of hydrogen-bond donors (Lipinski definition) is 3. The fourth-order valence-electron chi connectivity index (χ4n) is 5.37. The van der Waals surface area contributed by atoms with Crippen LogP contribution in [0.2, 0.25) is 0 Å². The van der Waals surface area contributed by atoms with Gasteiger partial charge in [0.25, 0.3) is 11.8 Å². The van der Waals surface area contributed by atoms with Crippen molar-refractivity contribution < 1.29 is 19.1 Å². The standard InChI is InChI=1S/C31H38BN7O4/c1-4-24-21(28(36-20-11-13-43-14-12-20)22-18-35-39(5-2)29(22)38-24)17-34-31(41)26-8-6-7-25(37-26)30(40)33-16-19-9-10-27(42-3)23(32)15-19/h6-10,15,18,20H,4-5,11-14,16-17,32H2,1-3H3,(H,33,40)(H,34,41)(H,36,38). The lowest BCUT2D eigenvalue weighted by atomic mass is 9.93. The third kappa shape index (κ3) is 6.80. The smallest absolute Gasteiger partial charge is 0.270 e. The van der Waals surface area contributed by atoms with E-state index in [0.717, 1.165) is 57.6 Å². The number of ether oxygens (including phenoxy) is 2. The van der Waals surface area contributed by atoms with Crippen LogP contribution in [0.3, 0.4) is 0 Å². The number of rotatable bonds is 11. The molecule has 1 aliphatic rings. The van der Waals surface area contributed by atoms with Crippen molar-refractivity contribution in [3.8, 4) is 5.75 Å². The van der Waals surface area contributed by atoms with Crippen LogP contribution < -0.4 is 26.2 Å². The molecule has 0 saturated carbocycles. The van der Waals surface area contributed by atoms with Crippen LogP contribution in [0.5, 0.6) is 5.75 Å². The van der Waals surface area contributed by atoms with Gasteiger partial charge in [-0.3, -0.25) is 9.59 Å². The third-order valence-corrected chi connectivity index (χ3v) is 7.73. The van der Waals surface area contributed by atoms with Crippen molar-refractivity contribution in [2.75, 3.05) is 25.6 Å². The Balaban J connectivity index is 1.32. The van der Waals surface area contributed by atoms with Gasteiger partial charge in [-0.1, -0.05) is 25.1 Å². The minimum atomic E-state index is -0.371. The molecule has 1 saturated heterocycles. The van der Waals surface area contributed by atoms with Crippen molar-refractivity contribution in [2.45, 2.75) is 58.8 Å². The number of methoxy groups -OCH3 is 1. The first-order chi connectivity index (χ1) is 20.9. The van der Waals surface area contributed by atoms with Crippen molar-refractivity contribution in [3.05, 3.63) is 70.8 Å². The van der Waals surface area contributed by atoms with Gasteiger partial charge >= 0.3 is 0 Å². The maximum absolute atomic E-state index is 13.3. The molecule has 3 N–H and O–H groups in total. The molecule has 3 aromatic heterocycles. The number of hydrogen-bond acceptors (Lipinski definition) is 8. The molecule has 12 heteroatoms. The highest BCUT2D eigenvalue weighted by atomic mass is 16.5. The van der Waals surface area contributed by atoms with E-state index in [0.29, 0.717) is 32.7 Å². The van der Waals surface area contributed by atoms with Crippen molar-refractivity contribution >= 4 is 41.8 Å². The monoisotopic (exact) mass is 583 g/mol. The molecule has 0 bridgehead atoms. The fourth-order valence-corrected chi connectivity index (χ4v) is 5.37. The number of carbonyl (C=O) groups is 2. The van der Waals surface area contributed by atoms with E-state index in [1.54, 1.807) is 25.3 Å². The van der Waals surface area contributed by atoms with Gasteiger partial charge in [0, 0.05) is 50.1 Å². The van der Waals surface area contributed by atoms with Crippen LogP contribution in [-0.4, -0.2) is 65.8 Å². The number of aryl methyl sites for hydroxylation is 2. The SMILES string of the molecule is Bc1cc(CNC(=O)c2cccc(C(=O)NCc3c(CC)nc4c(cnn4CC)c3NC3CCOCC3)n2)ccc1OC. The normalized spacial score (nSPS) is 13.6. The number of benzene rings is 1. The molecule has 43 heavy (non-hydrogen) atoms. The number of nitrogens with one attached hydrogen (secondary N) is 3. The zero-order chi connectivity index (χ0) is 30.3. The van der Waals surface area contributed by atoms with Crippen LogP contribution >= 0.6 is 0 Å². The minimum absolute atomic E-state index is 0.165. The van der Waals surface area contributed by atoms with Gasteiger partial charge in [-0.15, -0.1) is 0 Å². The van der Waals surface area contributed by atoms with Gasteiger partial charge in [0.2, 0.25) is 0 Å². The summed E-state index contributed by atoms with van der Waals surface area (Å²) in [6.45, 7) is 6.81. The Morgan fingerprint density at radius 3 is 2.42 bits per heavy atom. The minimum Gasteiger partial charge on any atom is -0.497 e. The number of pyridine rings is 2. The van der Waals surface area contributed by atoms with Crippen molar-refractivity contribution in [1.29, 1.82) is 0 Å². The largest absolute Gasteiger partial charge is 0.497 e. The number of amides is 2. The lowest BCUT2D eigenvalue weighted by Gasteiger charge is -2.26. The summed E-state index contributed by atoms with van der Waals surface area (Å²) in [6, 6.07) is 10.9. The van der Waals surface area contributed by atoms with E-state index in [1.807, 2.05) is 43.8 Å². The van der Waals surface area contributed by atoms with E-state index in [1.165, 1.54) is 0 Å². The van der Waals surface area contributed by atoms with Crippen molar-refractivity contribution in [3.63, 3.8) is 0 Å². The number of nitrogens with zero attached hydrogens (tertiary/aromatic N) is 4. The molecule has 4 aromatic rings. The lowest BCUT2D eigenvalue weighted by molar-refractivity contribution is 0.0904. The second-order valence-electron chi connectivity index (χ2n) is 10.6. The van der Waals surface area contributed by atoms with E-state index in [9.17, 15) is 9.59 Å². The summed E-state index contributed by atoms with van der Waals surface area (Å²) < 4.78 is 12.8. The molecule has 0 aliphatic carbocycles. The van der Waals surface area contributed by atoms with Crippen LogP contribution in [0.1, 0.15) is 64.5 Å². The highest BCUT2D eigenvalue weighted by molar-refractivity contribution is 6.34. The molecule has 11 nitrogen and oxygen atoms in total. The Morgan fingerprint density at radius 1 is 1.05 bits per heavy atom. The Kier molecular flexibility index (Phi) is 9.56. The highest BCUT2D eigenvalue weighted by Crippen LogP contribution is 2.31. The van der Waals surface area contributed by atoms with E-state index >= 15 is 0 Å². The van der Waals surface area contributed by atoms with Crippen LogP contribution in [0.25, 0.3) is 11.0 Å². The molecule has 5 rings (SSSR count). The zero-order valence-electron chi connectivity index (χ0n) is 25.2. The van der Waals surface area contributed by atoms with E-state index < -0.39 is 0 Å². The molecular weight excluding hydrogens is 545 g/mol. The summed E-state index contributed by atoms with van der Waals surface area (Å²) in [5.41, 5.74) is 5.85. The molecule has 0 radical (unpaired) electrons. The molecule has 2 amide bonds. The van der Waals surface area contributed by atoms with Gasteiger partial charge in [-0.2, -0.15) is 5.10 Å². The fraction of sp³-hybridized carbons (Fsp3) is 0.387. The quantitative estimate of drug-likeness (QED) is 0.229. The summed E-state index contributed by atoms with van der Waals surface area (Å²) in [6.07, 6.45) is 4.33. The van der Waals surface area contributed by atoms with Crippen LogP contribution in [0.15, 0.2) is 42.6 Å². The van der Waals surface area contributed by atoms with Gasteiger partial charge in [-0.25, -0.2) is 14.6 Å². The molecule has 0 atom stereocenters. The van der Waals surface area contributed by atoms with E-state index in [4.69, 9.17) is 14.5 Å². The summed E-state index contributed by atoms with van der Waals surface area (Å²) in [5.74, 6) is 0.0607. The van der Waals surface area contributed by atoms with Gasteiger partial charge in [0.15, 0.2) is 5.65 Å². The molecule has 1 fully saturated rings. The zero-order valence-corrected chi connectivity index (χ0v) is 25.2. The van der Waals surface area contributed by atoms with Crippen LogP contribution in [-0.2, 0) is 30.8 Å². The Hall–Kier alpha value is -4.45. The highest BCUT2D eigenvalue weighted by Gasteiger charge is 2.22. The van der Waals surface area contributed by atoms with E-state index in [-0.39, 0.29) is 35.8 Å². The van der Waals surface area contributed by atoms with E-state index in [2.05, 4.69) is 33.0 Å². The molecule has 0 spiro atoms. The first-order valence-electron chi connectivity index (χ1n) is 14.8. The van der Waals surface area contributed by atoms with Gasteiger partial charge < -0.3 is 25.4 Å². The summed E-state index contributed by atoms with van der Waals surface area (Å²) >= 11 is 0. The first-order valence-corrected chi connectivity index (χ1v) is 14.8. The van der Waals surface area contributed by atoms with Crippen molar-refractivity contribution in [1.82, 2.24) is 30.4 Å².